The van der Waals surface area contributed by atoms with Crippen LogP contribution in [0.5, 0.6) is 5.75 Å². The first-order valence-corrected chi connectivity index (χ1v) is 3.87. The Kier molecular flexibility index (Phi) is 3.21. The largest absolute Gasteiger partial charge is 0.506 e. The van der Waals surface area contributed by atoms with Crippen LogP contribution in [0.4, 0.5) is 5.69 Å². The minimum atomic E-state index is -0.0753. The topological polar surface area (TPSA) is 49.7 Å². The van der Waals surface area contributed by atoms with Crippen LogP contribution in [0.1, 0.15) is 0 Å². The van der Waals surface area contributed by atoms with Crippen molar-refractivity contribution in [1.29, 1.82) is 0 Å². The van der Waals surface area contributed by atoms with E-state index in [-0.39, 0.29) is 28.2 Å². The molecule has 0 aromatic heterocycles. The van der Waals surface area contributed by atoms with Crippen LogP contribution in [0.3, 0.4) is 0 Å². The van der Waals surface area contributed by atoms with Crippen molar-refractivity contribution in [2.24, 2.45) is 5.18 Å². The second-order valence-electron chi connectivity index (χ2n) is 2.75. The molecule has 0 amide bonds. The van der Waals surface area contributed by atoms with Crippen molar-refractivity contribution in [3.8, 4) is 5.75 Å². The SMILES string of the molecule is O=Nc1c(O)ccc2ccccc12.[Co]. The van der Waals surface area contributed by atoms with Crippen molar-refractivity contribution in [1.82, 2.24) is 0 Å². The van der Waals surface area contributed by atoms with E-state index in [1.807, 2.05) is 12.1 Å². The Morgan fingerprint density at radius 1 is 1.07 bits per heavy atom. The van der Waals surface area contributed by atoms with E-state index >= 15 is 0 Å². The molecule has 4 heteroatoms. The van der Waals surface area contributed by atoms with Crippen LogP contribution < -0.4 is 0 Å². The minimum Gasteiger partial charge on any atom is -0.506 e. The Morgan fingerprint density at radius 2 is 1.79 bits per heavy atom. The third kappa shape index (κ3) is 1.62. The summed E-state index contributed by atoms with van der Waals surface area (Å²) in [5.74, 6) is -0.0753. The summed E-state index contributed by atoms with van der Waals surface area (Å²) in [7, 11) is 0. The molecule has 0 bridgehead atoms. The van der Waals surface area contributed by atoms with Gasteiger partial charge in [-0.2, -0.15) is 0 Å². The summed E-state index contributed by atoms with van der Waals surface area (Å²) in [4.78, 5) is 10.4. The zero-order valence-corrected chi connectivity index (χ0v) is 8.14. The standard InChI is InChI=1S/C10H7NO2.Co/c12-9-6-5-7-3-1-2-4-8(7)10(9)11-13;/h1-6,12H;. The number of hydrogen-bond acceptors (Lipinski definition) is 3. The first kappa shape index (κ1) is 10.7. The van der Waals surface area contributed by atoms with Crippen molar-refractivity contribution >= 4 is 16.5 Å². The van der Waals surface area contributed by atoms with Crippen LogP contribution in [-0.4, -0.2) is 5.11 Å². The van der Waals surface area contributed by atoms with Gasteiger partial charge in [0.1, 0.15) is 5.75 Å². The van der Waals surface area contributed by atoms with Crippen LogP contribution in [0.25, 0.3) is 10.8 Å². The Bertz CT molecular complexity index is 471. The van der Waals surface area contributed by atoms with Gasteiger partial charge in [0.15, 0.2) is 5.69 Å². The fourth-order valence-electron chi connectivity index (χ4n) is 1.34. The molecule has 14 heavy (non-hydrogen) atoms. The number of fused-ring (bicyclic) bond motifs is 1. The number of nitroso groups, excluding NO2 is 1. The van der Waals surface area contributed by atoms with Gasteiger partial charge in [-0.25, -0.2) is 0 Å². The third-order valence-corrected chi connectivity index (χ3v) is 1.97. The molecule has 1 N–H and O–H groups in total. The van der Waals surface area contributed by atoms with Gasteiger partial charge in [0.05, 0.1) is 0 Å². The smallest absolute Gasteiger partial charge is 0.157 e. The van der Waals surface area contributed by atoms with Crippen molar-refractivity contribution in [2.75, 3.05) is 0 Å². The molecule has 0 aliphatic rings. The van der Waals surface area contributed by atoms with Gasteiger partial charge in [-0.3, -0.25) is 0 Å². The molecule has 3 nitrogen and oxygen atoms in total. The van der Waals surface area contributed by atoms with E-state index < -0.39 is 0 Å². The molecule has 2 aromatic rings. The summed E-state index contributed by atoms with van der Waals surface area (Å²) in [5, 5.41) is 13.7. The Hall–Kier alpha value is -1.39. The molecule has 0 spiro atoms. The summed E-state index contributed by atoms with van der Waals surface area (Å²) in [6.07, 6.45) is 0. The van der Waals surface area contributed by atoms with Crippen molar-refractivity contribution in [3.63, 3.8) is 0 Å². The summed E-state index contributed by atoms with van der Waals surface area (Å²) in [6.45, 7) is 0. The van der Waals surface area contributed by atoms with E-state index in [0.717, 1.165) is 5.39 Å². The molecule has 0 atom stereocenters. The zero-order valence-electron chi connectivity index (χ0n) is 7.10. The van der Waals surface area contributed by atoms with Gasteiger partial charge in [0, 0.05) is 22.2 Å². The van der Waals surface area contributed by atoms with Gasteiger partial charge < -0.3 is 5.11 Å². The molecule has 2 aromatic carbocycles. The molecule has 0 saturated heterocycles. The number of benzene rings is 2. The van der Waals surface area contributed by atoms with Gasteiger partial charge in [0.2, 0.25) is 0 Å². The van der Waals surface area contributed by atoms with Crippen LogP contribution >= 0.6 is 0 Å². The van der Waals surface area contributed by atoms with Gasteiger partial charge in [-0.1, -0.05) is 30.3 Å². The first-order valence-electron chi connectivity index (χ1n) is 3.87. The number of phenols is 1. The average Bonchev–Trinajstić information content (AvgIpc) is 2.18. The Balaban J connectivity index is 0.000000980. The second kappa shape index (κ2) is 4.21. The summed E-state index contributed by atoms with van der Waals surface area (Å²) in [5.41, 5.74) is 0.109. The van der Waals surface area contributed by atoms with Gasteiger partial charge >= 0.3 is 0 Å². The number of phenolic OH excluding ortho intramolecular Hbond substituents is 1. The molecule has 1 radical (unpaired) electrons. The van der Waals surface area contributed by atoms with Crippen molar-refractivity contribution < 1.29 is 21.9 Å². The normalized spacial score (nSPS) is 9.43. The monoisotopic (exact) mass is 232 g/mol. The summed E-state index contributed by atoms with van der Waals surface area (Å²) >= 11 is 0. The molecule has 0 saturated carbocycles. The van der Waals surface area contributed by atoms with E-state index in [0.29, 0.717) is 5.39 Å². The van der Waals surface area contributed by atoms with E-state index in [9.17, 15) is 10.0 Å². The van der Waals surface area contributed by atoms with Crippen LogP contribution in [-0.2, 0) is 16.8 Å². The summed E-state index contributed by atoms with van der Waals surface area (Å²) < 4.78 is 0. The predicted octanol–water partition coefficient (Wildman–Crippen LogP) is 2.94. The van der Waals surface area contributed by atoms with Gasteiger partial charge in [-0.05, 0) is 16.6 Å². The van der Waals surface area contributed by atoms with Crippen molar-refractivity contribution in [3.05, 3.63) is 41.3 Å². The second-order valence-corrected chi connectivity index (χ2v) is 2.75. The predicted molar refractivity (Wildman–Crippen MR) is 51.1 cm³/mol. The number of aromatic hydroxyl groups is 1. The average molecular weight is 232 g/mol. The fraction of sp³-hybridized carbons (Fsp3) is 0. The van der Waals surface area contributed by atoms with E-state index in [1.165, 1.54) is 6.07 Å². The Labute approximate surface area is 90.9 Å². The number of rotatable bonds is 1. The van der Waals surface area contributed by atoms with E-state index in [1.54, 1.807) is 18.2 Å². The summed E-state index contributed by atoms with van der Waals surface area (Å²) in [6, 6.07) is 10.5. The molecule has 73 valence electrons. The molecule has 0 fully saturated rings. The third-order valence-electron chi connectivity index (χ3n) is 1.97. The minimum absolute atomic E-state index is 0. The van der Waals surface area contributed by atoms with Crippen LogP contribution in [0, 0.1) is 4.91 Å². The maximum atomic E-state index is 10.4. The van der Waals surface area contributed by atoms with Crippen molar-refractivity contribution in [2.45, 2.75) is 0 Å². The maximum Gasteiger partial charge on any atom is 0.157 e. The molecule has 2 rings (SSSR count). The quantitative estimate of drug-likeness (QED) is 0.768. The van der Waals surface area contributed by atoms with E-state index in [4.69, 9.17) is 0 Å². The van der Waals surface area contributed by atoms with E-state index in [2.05, 4.69) is 5.18 Å². The maximum absolute atomic E-state index is 10.4. The fourth-order valence-corrected chi connectivity index (χ4v) is 1.34. The molecular formula is C10H7CoNO2. The van der Waals surface area contributed by atoms with Gasteiger partial charge in [0.25, 0.3) is 0 Å². The zero-order chi connectivity index (χ0) is 9.26. The number of nitrogens with zero attached hydrogens (tertiary/aromatic N) is 1. The molecule has 0 heterocycles. The van der Waals surface area contributed by atoms with Crippen LogP contribution in [0.2, 0.25) is 0 Å². The van der Waals surface area contributed by atoms with Gasteiger partial charge in [-0.15, -0.1) is 4.91 Å². The molecule has 0 unspecified atom stereocenters. The Morgan fingerprint density at radius 3 is 2.50 bits per heavy atom. The number of hydrogen-bond donors (Lipinski definition) is 1. The molecular weight excluding hydrogens is 225 g/mol. The first-order chi connectivity index (χ1) is 6.33. The molecule has 0 aliphatic heterocycles. The molecule has 0 aliphatic carbocycles. The van der Waals surface area contributed by atoms with Crippen LogP contribution in [0.15, 0.2) is 41.6 Å².